The summed E-state index contributed by atoms with van der Waals surface area (Å²) in [5, 5.41) is 13.6. The molecule has 2 aromatic carbocycles. The molecule has 0 unspecified atom stereocenters. The van der Waals surface area contributed by atoms with E-state index in [0.717, 1.165) is 17.0 Å². The zero-order chi connectivity index (χ0) is 22.9. The number of amides is 2. The van der Waals surface area contributed by atoms with Gasteiger partial charge in [-0.05, 0) is 43.7 Å². The molecule has 8 nitrogen and oxygen atoms in total. The molecule has 162 valence electrons. The average molecular weight is 435 g/mol. The number of anilines is 1. The number of hydrogen-bond acceptors (Lipinski definition) is 6. The monoisotopic (exact) mass is 435 g/mol. The second-order valence-electron chi connectivity index (χ2n) is 6.83. The number of carbonyl (C=O) groups excluding carboxylic acids is 2. The number of halogens is 3. The molecule has 0 fully saturated rings. The molecule has 11 heteroatoms. The lowest BCUT2D eigenvalue weighted by Gasteiger charge is -2.19. The molecule has 0 radical (unpaired) electrons. The standard InChI is InChI=1S/C20H16F3N3O5/c1-11(2)25-18(27)16(12-6-8-14(9-7-12)26(29)30)17(19(25)28)24-13-4-3-5-15(10-13)31-20(21,22)23/h3-11,24H,1-2H3. The highest BCUT2D eigenvalue weighted by atomic mass is 19.4. The van der Waals surface area contributed by atoms with E-state index < -0.39 is 34.9 Å². The van der Waals surface area contributed by atoms with Gasteiger partial charge in [0, 0.05) is 29.9 Å². The molecule has 2 aromatic rings. The second-order valence-corrected chi connectivity index (χ2v) is 6.83. The van der Waals surface area contributed by atoms with Crippen LogP contribution in [0.15, 0.2) is 54.2 Å². The van der Waals surface area contributed by atoms with Crippen molar-refractivity contribution < 1.29 is 32.4 Å². The van der Waals surface area contributed by atoms with Gasteiger partial charge in [0.05, 0.1) is 10.5 Å². The number of benzene rings is 2. The summed E-state index contributed by atoms with van der Waals surface area (Å²) in [6, 6.07) is 9.35. The van der Waals surface area contributed by atoms with Crippen molar-refractivity contribution >= 4 is 28.8 Å². The van der Waals surface area contributed by atoms with Crippen molar-refractivity contribution in [2.45, 2.75) is 26.3 Å². The molecule has 0 saturated heterocycles. The van der Waals surface area contributed by atoms with Crippen molar-refractivity contribution in [1.82, 2.24) is 4.90 Å². The first-order chi connectivity index (χ1) is 14.5. The molecule has 0 aromatic heterocycles. The second kappa shape index (κ2) is 8.09. The van der Waals surface area contributed by atoms with Gasteiger partial charge in [0.1, 0.15) is 11.4 Å². The lowest BCUT2D eigenvalue weighted by molar-refractivity contribution is -0.384. The first kappa shape index (κ1) is 21.8. The van der Waals surface area contributed by atoms with E-state index in [9.17, 15) is 32.9 Å². The number of carbonyl (C=O) groups is 2. The van der Waals surface area contributed by atoms with Crippen LogP contribution in [-0.2, 0) is 9.59 Å². The van der Waals surface area contributed by atoms with Crippen LogP contribution in [0.2, 0.25) is 0 Å². The molecule has 1 heterocycles. The third-order valence-corrected chi connectivity index (χ3v) is 4.34. The van der Waals surface area contributed by atoms with Crippen LogP contribution < -0.4 is 10.1 Å². The summed E-state index contributed by atoms with van der Waals surface area (Å²) in [4.78, 5) is 37.1. The Labute approximate surface area is 174 Å². The molecule has 0 atom stereocenters. The van der Waals surface area contributed by atoms with Gasteiger partial charge >= 0.3 is 6.36 Å². The Balaban J connectivity index is 2.04. The molecule has 0 spiro atoms. The summed E-state index contributed by atoms with van der Waals surface area (Å²) in [6.07, 6.45) is -4.89. The SMILES string of the molecule is CC(C)N1C(=O)C(Nc2cccc(OC(F)(F)F)c2)=C(c2ccc([N+](=O)[O-])cc2)C1=O. The van der Waals surface area contributed by atoms with Crippen LogP contribution in [0.1, 0.15) is 19.4 Å². The summed E-state index contributed by atoms with van der Waals surface area (Å²) in [7, 11) is 0. The molecule has 0 saturated carbocycles. The summed E-state index contributed by atoms with van der Waals surface area (Å²) < 4.78 is 41.4. The maximum atomic E-state index is 12.9. The molecule has 31 heavy (non-hydrogen) atoms. The van der Waals surface area contributed by atoms with E-state index in [1.54, 1.807) is 13.8 Å². The van der Waals surface area contributed by atoms with Gasteiger partial charge in [0.2, 0.25) is 0 Å². The van der Waals surface area contributed by atoms with Gasteiger partial charge in [-0.2, -0.15) is 0 Å². The van der Waals surface area contributed by atoms with E-state index in [1.165, 1.54) is 36.4 Å². The number of nitro groups is 1. The molecule has 0 bridgehead atoms. The largest absolute Gasteiger partial charge is 0.573 e. The lowest BCUT2D eigenvalue weighted by Crippen LogP contribution is -2.38. The zero-order valence-electron chi connectivity index (χ0n) is 16.3. The Kier molecular flexibility index (Phi) is 5.69. The summed E-state index contributed by atoms with van der Waals surface area (Å²) >= 11 is 0. The molecule has 3 rings (SSSR count). The van der Waals surface area contributed by atoms with E-state index in [1.807, 2.05) is 0 Å². The number of non-ortho nitro benzene ring substituents is 1. The van der Waals surface area contributed by atoms with Crippen LogP contribution in [-0.4, -0.2) is 34.0 Å². The molecule has 0 aliphatic carbocycles. The Hall–Kier alpha value is -3.89. The average Bonchev–Trinajstić information content (AvgIpc) is 2.90. The zero-order valence-corrected chi connectivity index (χ0v) is 16.3. The third kappa shape index (κ3) is 4.65. The highest BCUT2D eigenvalue weighted by molar-refractivity contribution is 6.36. The van der Waals surface area contributed by atoms with Crippen LogP contribution in [0.25, 0.3) is 5.57 Å². The van der Waals surface area contributed by atoms with Gasteiger partial charge in [-0.25, -0.2) is 0 Å². The van der Waals surface area contributed by atoms with Crippen molar-refractivity contribution in [3.63, 3.8) is 0 Å². The maximum absolute atomic E-state index is 12.9. The molecular formula is C20H16F3N3O5. The first-order valence-electron chi connectivity index (χ1n) is 8.98. The summed E-state index contributed by atoms with van der Waals surface area (Å²) in [6.45, 7) is 3.26. The van der Waals surface area contributed by atoms with Crippen LogP contribution in [0.5, 0.6) is 5.75 Å². The Morgan fingerprint density at radius 1 is 1.06 bits per heavy atom. The van der Waals surface area contributed by atoms with Crippen LogP contribution in [0, 0.1) is 10.1 Å². The molecule has 1 N–H and O–H groups in total. The lowest BCUT2D eigenvalue weighted by atomic mass is 10.0. The highest BCUT2D eigenvalue weighted by Crippen LogP contribution is 2.33. The number of nitrogens with zero attached hydrogens (tertiary/aromatic N) is 2. The summed E-state index contributed by atoms with van der Waals surface area (Å²) in [5.74, 6) is -1.80. The minimum absolute atomic E-state index is 0.0456. The Morgan fingerprint density at radius 2 is 1.71 bits per heavy atom. The molecule has 1 aliphatic heterocycles. The third-order valence-electron chi connectivity index (χ3n) is 4.34. The van der Waals surface area contributed by atoms with Gasteiger partial charge in [0.25, 0.3) is 17.5 Å². The number of imide groups is 1. The van der Waals surface area contributed by atoms with Crippen molar-refractivity contribution in [2.75, 3.05) is 5.32 Å². The maximum Gasteiger partial charge on any atom is 0.573 e. The van der Waals surface area contributed by atoms with Crippen LogP contribution in [0.4, 0.5) is 24.5 Å². The van der Waals surface area contributed by atoms with Gasteiger partial charge in [-0.3, -0.25) is 24.6 Å². The van der Waals surface area contributed by atoms with Crippen LogP contribution >= 0.6 is 0 Å². The molecule has 2 amide bonds. The normalized spacial score (nSPS) is 14.5. The van der Waals surface area contributed by atoms with Crippen molar-refractivity contribution in [3.8, 4) is 5.75 Å². The number of alkyl halides is 3. The number of nitrogens with one attached hydrogen (secondary N) is 1. The number of nitro benzene ring substituents is 1. The van der Waals surface area contributed by atoms with Crippen molar-refractivity contribution in [2.24, 2.45) is 0 Å². The smallest absolute Gasteiger partial charge is 0.406 e. The summed E-state index contributed by atoms with van der Waals surface area (Å²) in [5.41, 5.74) is -0.0685. The van der Waals surface area contributed by atoms with E-state index in [-0.39, 0.29) is 28.2 Å². The number of ether oxygens (including phenoxy) is 1. The fraction of sp³-hybridized carbons (Fsp3) is 0.200. The topological polar surface area (TPSA) is 102 Å². The van der Waals surface area contributed by atoms with E-state index in [2.05, 4.69) is 10.1 Å². The van der Waals surface area contributed by atoms with E-state index in [0.29, 0.717) is 0 Å². The van der Waals surface area contributed by atoms with E-state index >= 15 is 0 Å². The highest BCUT2D eigenvalue weighted by Gasteiger charge is 2.40. The fourth-order valence-electron chi connectivity index (χ4n) is 3.06. The van der Waals surface area contributed by atoms with Gasteiger partial charge < -0.3 is 10.1 Å². The number of hydrogen-bond donors (Lipinski definition) is 1. The quantitative estimate of drug-likeness (QED) is 0.417. The van der Waals surface area contributed by atoms with Gasteiger partial charge in [-0.15, -0.1) is 13.2 Å². The Bertz CT molecular complexity index is 1080. The first-order valence-corrected chi connectivity index (χ1v) is 8.98. The minimum Gasteiger partial charge on any atom is -0.406 e. The van der Waals surface area contributed by atoms with Crippen LogP contribution in [0.3, 0.4) is 0 Å². The van der Waals surface area contributed by atoms with Gasteiger partial charge in [-0.1, -0.05) is 6.07 Å². The van der Waals surface area contributed by atoms with E-state index in [4.69, 9.17) is 0 Å². The predicted octanol–water partition coefficient (Wildman–Crippen LogP) is 4.09. The molecule has 1 aliphatic rings. The predicted molar refractivity (Wildman–Crippen MR) is 104 cm³/mol. The van der Waals surface area contributed by atoms with Gasteiger partial charge in [0.15, 0.2) is 0 Å². The minimum atomic E-state index is -4.89. The van der Waals surface area contributed by atoms with Crippen molar-refractivity contribution in [3.05, 3.63) is 69.9 Å². The molecular weight excluding hydrogens is 419 g/mol. The van der Waals surface area contributed by atoms with Crippen molar-refractivity contribution in [1.29, 1.82) is 0 Å². The number of rotatable bonds is 6. The Morgan fingerprint density at radius 3 is 2.26 bits per heavy atom. The fourth-order valence-corrected chi connectivity index (χ4v) is 3.06.